The van der Waals surface area contributed by atoms with Gasteiger partial charge in [0.05, 0.1) is 11.7 Å². The second-order valence-corrected chi connectivity index (χ2v) is 6.71. The molecule has 1 aliphatic carbocycles. The molecule has 0 spiro atoms. The molecule has 1 fully saturated rings. The summed E-state index contributed by atoms with van der Waals surface area (Å²) in [6.07, 6.45) is 4.99. The number of nitrogens with zero attached hydrogens (tertiary/aromatic N) is 4. The smallest absolute Gasteiger partial charge is 0.276 e. The molecular weight excluding hydrogens is 292 g/mol. The van der Waals surface area contributed by atoms with Crippen LogP contribution in [-0.2, 0) is 12.8 Å². The third-order valence-corrected chi connectivity index (χ3v) is 4.99. The largest absolute Gasteiger partial charge is 0.360 e. The van der Waals surface area contributed by atoms with Crippen LogP contribution in [0.2, 0.25) is 0 Å². The fourth-order valence-corrected chi connectivity index (χ4v) is 3.84. The molecule has 3 heterocycles. The number of carbonyl (C=O) groups is 1. The van der Waals surface area contributed by atoms with Gasteiger partial charge in [0.1, 0.15) is 5.76 Å². The molecule has 0 saturated carbocycles. The van der Waals surface area contributed by atoms with Crippen molar-refractivity contribution in [3.8, 4) is 0 Å². The molecule has 1 unspecified atom stereocenters. The van der Waals surface area contributed by atoms with Crippen molar-refractivity contribution in [2.24, 2.45) is 0 Å². The Bertz CT molecular complexity index is 746. The van der Waals surface area contributed by atoms with E-state index in [0.29, 0.717) is 12.2 Å². The van der Waals surface area contributed by atoms with Gasteiger partial charge in [0.2, 0.25) is 0 Å². The summed E-state index contributed by atoms with van der Waals surface area (Å²) in [6.45, 7) is 5.52. The highest BCUT2D eigenvalue weighted by Gasteiger charge is 2.33. The summed E-state index contributed by atoms with van der Waals surface area (Å²) >= 11 is 0. The van der Waals surface area contributed by atoms with Gasteiger partial charge in [0.15, 0.2) is 5.69 Å². The highest BCUT2D eigenvalue weighted by molar-refractivity contribution is 5.94. The lowest BCUT2D eigenvalue weighted by Crippen LogP contribution is -2.30. The van der Waals surface area contributed by atoms with Gasteiger partial charge in [-0.3, -0.25) is 9.48 Å². The first kappa shape index (κ1) is 14.5. The van der Waals surface area contributed by atoms with Crippen molar-refractivity contribution in [3.63, 3.8) is 0 Å². The van der Waals surface area contributed by atoms with Crippen LogP contribution in [0.3, 0.4) is 0 Å². The number of rotatable bonds is 2. The summed E-state index contributed by atoms with van der Waals surface area (Å²) < 4.78 is 7.44. The predicted octanol–water partition coefficient (Wildman–Crippen LogP) is 2.45. The van der Waals surface area contributed by atoms with E-state index in [-0.39, 0.29) is 11.9 Å². The molecule has 23 heavy (non-hydrogen) atoms. The highest BCUT2D eigenvalue weighted by Crippen LogP contribution is 2.28. The van der Waals surface area contributed by atoms with Crippen molar-refractivity contribution in [1.29, 1.82) is 0 Å². The van der Waals surface area contributed by atoms with Crippen LogP contribution in [0.25, 0.3) is 0 Å². The molecule has 0 bridgehead atoms. The van der Waals surface area contributed by atoms with Gasteiger partial charge in [-0.2, -0.15) is 5.10 Å². The van der Waals surface area contributed by atoms with Gasteiger partial charge in [-0.15, -0.1) is 0 Å². The molecule has 6 nitrogen and oxygen atoms in total. The number of fused-ring (bicyclic) bond motifs is 1. The van der Waals surface area contributed by atoms with E-state index < -0.39 is 0 Å². The minimum Gasteiger partial charge on any atom is -0.360 e. The van der Waals surface area contributed by atoms with E-state index >= 15 is 0 Å². The van der Waals surface area contributed by atoms with Crippen LogP contribution in [-0.4, -0.2) is 38.8 Å². The summed E-state index contributed by atoms with van der Waals surface area (Å²) in [5, 5.41) is 8.64. The van der Waals surface area contributed by atoms with Gasteiger partial charge < -0.3 is 9.42 Å². The maximum atomic E-state index is 12.8. The van der Waals surface area contributed by atoms with Gasteiger partial charge in [0, 0.05) is 30.8 Å². The molecule has 0 N–H and O–H groups in total. The number of aryl methyl sites for hydroxylation is 3. The first-order valence-electron chi connectivity index (χ1n) is 8.43. The second kappa shape index (κ2) is 5.51. The van der Waals surface area contributed by atoms with Crippen molar-refractivity contribution >= 4 is 5.91 Å². The normalized spacial score (nSPS) is 20.8. The third kappa shape index (κ3) is 2.46. The Morgan fingerprint density at radius 2 is 2.13 bits per heavy atom. The van der Waals surface area contributed by atoms with Crippen molar-refractivity contribution in [3.05, 3.63) is 34.5 Å². The van der Waals surface area contributed by atoms with E-state index in [9.17, 15) is 4.79 Å². The van der Waals surface area contributed by atoms with E-state index in [1.807, 2.05) is 11.8 Å². The average Bonchev–Trinajstić information content (AvgIpc) is 3.24. The minimum atomic E-state index is 0.0148. The molecule has 1 amide bonds. The molecule has 2 aliphatic rings. The molecule has 1 aliphatic heterocycles. The summed E-state index contributed by atoms with van der Waals surface area (Å²) in [4.78, 5) is 14.7. The van der Waals surface area contributed by atoms with Crippen LogP contribution < -0.4 is 0 Å². The first-order valence-corrected chi connectivity index (χ1v) is 8.43. The quantitative estimate of drug-likeness (QED) is 0.854. The maximum Gasteiger partial charge on any atom is 0.276 e. The zero-order valence-corrected chi connectivity index (χ0v) is 13.7. The van der Waals surface area contributed by atoms with Gasteiger partial charge in [0.25, 0.3) is 5.91 Å². The van der Waals surface area contributed by atoms with Gasteiger partial charge >= 0.3 is 0 Å². The lowest BCUT2D eigenvalue weighted by atomic mass is 9.96. The van der Waals surface area contributed by atoms with Crippen molar-refractivity contribution in [2.75, 3.05) is 13.1 Å². The lowest BCUT2D eigenvalue weighted by molar-refractivity contribution is 0.0775. The van der Waals surface area contributed by atoms with Crippen LogP contribution in [0.1, 0.15) is 58.5 Å². The van der Waals surface area contributed by atoms with E-state index in [0.717, 1.165) is 61.4 Å². The van der Waals surface area contributed by atoms with E-state index in [1.165, 1.54) is 0 Å². The SMILES string of the molecule is Cc1cc(C)n(C2CCN(C(=O)c3noc4c3CCCC4)C2)n1. The number of aromatic nitrogens is 3. The van der Waals surface area contributed by atoms with Crippen LogP contribution in [0.5, 0.6) is 0 Å². The molecule has 1 atom stereocenters. The van der Waals surface area contributed by atoms with Gasteiger partial charge in [-0.25, -0.2) is 0 Å². The molecule has 2 aromatic rings. The van der Waals surface area contributed by atoms with Gasteiger partial charge in [-0.1, -0.05) is 5.16 Å². The van der Waals surface area contributed by atoms with E-state index in [1.54, 1.807) is 0 Å². The molecular formula is C17H22N4O2. The van der Waals surface area contributed by atoms with Crippen LogP contribution in [0.4, 0.5) is 0 Å². The fourth-order valence-electron chi connectivity index (χ4n) is 3.84. The molecule has 2 aromatic heterocycles. The zero-order valence-electron chi connectivity index (χ0n) is 13.7. The Hall–Kier alpha value is -2.11. The summed E-state index contributed by atoms with van der Waals surface area (Å²) in [5.41, 5.74) is 3.75. The molecule has 4 rings (SSSR count). The zero-order chi connectivity index (χ0) is 16.0. The molecule has 0 aromatic carbocycles. The van der Waals surface area contributed by atoms with Crippen molar-refractivity contribution in [1.82, 2.24) is 19.8 Å². The number of carbonyl (C=O) groups excluding carboxylic acids is 1. The molecule has 1 saturated heterocycles. The van der Waals surface area contributed by atoms with Crippen LogP contribution >= 0.6 is 0 Å². The Labute approximate surface area is 135 Å². The van der Waals surface area contributed by atoms with Crippen molar-refractivity contribution in [2.45, 2.75) is 52.0 Å². The highest BCUT2D eigenvalue weighted by atomic mass is 16.5. The lowest BCUT2D eigenvalue weighted by Gasteiger charge is -2.17. The Kier molecular flexibility index (Phi) is 3.47. The fraction of sp³-hybridized carbons (Fsp3) is 0.588. The van der Waals surface area contributed by atoms with Crippen molar-refractivity contribution < 1.29 is 9.32 Å². The number of hydrogen-bond acceptors (Lipinski definition) is 4. The molecule has 6 heteroatoms. The first-order chi connectivity index (χ1) is 11.1. The molecule has 0 radical (unpaired) electrons. The Morgan fingerprint density at radius 3 is 2.91 bits per heavy atom. The monoisotopic (exact) mass is 314 g/mol. The number of likely N-dealkylation sites (tertiary alicyclic amines) is 1. The second-order valence-electron chi connectivity index (χ2n) is 6.71. The average molecular weight is 314 g/mol. The standard InChI is InChI=1S/C17H22N4O2/c1-11-9-12(2)21(18-11)13-7-8-20(10-13)17(22)16-14-5-3-4-6-15(14)23-19-16/h9,13H,3-8,10H2,1-2H3. The van der Waals surface area contributed by atoms with Crippen LogP contribution in [0.15, 0.2) is 10.6 Å². The topological polar surface area (TPSA) is 64.2 Å². The predicted molar refractivity (Wildman–Crippen MR) is 84.4 cm³/mol. The Balaban J connectivity index is 1.52. The summed E-state index contributed by atoms with van der Waals surface area (Å²) in [6, 6.07) is 2.34. The van der Waals surface area contributed by atoms with E-state index in [4.69, 9.17) is 4.52 Å². The summed E-state index contributed by atoms with van der Waals surface area (Å²) in [5.74, 6) is 0.926. The summed E-state index contributed by atoms with van der Waals surface area (Å²) in [7, 11) is 0. The third-order valence-electron chi connectivity index (χ3n) is 4.99. The molecule has 122 valence electrons. The Morgan fingerprint density at radius 1 is 1.30 bits per heavy atom. The number of hydrogen-bond donors (Lipinski definition) is 0. The van der Waals surface area contributed by atoms with Crippen LogP contribution in [0, 0.1) is 13.8 Å². The van der Waals surface area contributed by atoms with E-state index in [2.05, 4.69) is 27.9 Å². The minimum absolute atomic E-state index is 0.0148. The van der Waals surface area contributed by atoms with Gasteiger partial charge in [-0.05, 0) is 45.6 Å². The number of amides is 1. The maximum absolute atomic E-state index is 12.8.